The van der Waals surface area contributed by atoms with E-state index >= 15 is 0 Å². The maximum atomic E-state index is 4.45. The Kier molecular flexibility index (Phi) is 2.49. The molecule has 17 heavy (non-hydrogen) atoms. The minimum atomic E-state index is 0.964. The number of aryl methyl sites for hydroxylation is 1. The van der Waals surface area contributed by atoms with Crippen molar-refractivity contribution in [2.45, 2.75) is 0 Å². The summed E-state index contributed by atoms with van der Waals surface area (Å²) in [4.78, 5) is 9.94. The summed E-state index contributed by atoms with van der Waals surface area (Å²) in [6.45, 7) is 0. The van der Waals surface area contributed by atoms with Crippen LogP contribution in [-0.4, -0.2) is 14.5 Å². The second-order valence-corrected chi connectivity index (χ2v) is 4.61. The molecule has 84 valence electrons. The minimum Gasteiger partial charge on any atom is -0.333 e. The molecule has 0 fully saturated rings. The number of rotatable bonds is 2. The van der Waals surface area contributed by atoms with Gasteiger partial charge in [-0.25, -0.2) is 9.97 Å². The van der Waals surface area contributed by atoms with E-state index in [9.17, 15) is 0 Å². The predicted molar refractivity (Wildman–Crippen MR) is 69.8 cm³/mol. The van der Waals surface area contributed by atoms with Crippen LogP contribution in [-0.2, 0) is 7.05 Å². The van der Waals surface area contributed by atoms with Crippen LogP contribution in [0.5, 0.6) is 0 Å². The molecule has 0 radical (unpaired) electrons. The molecule has 3 aromatic rings. The molecule has 0 aliphatic rings. The SMILES string of the molecule is Cn1ccnc1-c1scnc1-c1ccccc1. The Morgan fingerprint density at radius 3 is 2.65 bits per heavy atom. The van der Waals surface area contributed by atoms with Gasteiger partial charge >= 0.3 is 0 Å². The number of imidazole rings is 1. The highest BCUT2D eigenvalue weighted by Gasteiger charge is 2.13. The molecule has 0 N–H and O–H groups in total. The van der Waals surface area contributed by atoms with Gasteiger partial charge in [0, 0.05) is 25.0 Å². The quantitative estimate of drug-likeness (QED) is 0.689. The molecule has 2 aromatic heterocycles. The molecule has 3 nitrogen and oxygen atoms in total. The summed E-state index contributed by atoms with van der Waals surface area (Å²) in [5.74, 6) is 0.964. The summed E-state index contributed by atoms with van der Waals surface area (Å²) in [6.07, 6.45) is 3.76. The van der Waals surface area contributed by atoms with Crippen molar-refractivity contribution in [1.29, 1.82) is 0 Å². The van der Waals surface area contributed by atoms with E-state index in [1.807, 2.05) is 47.7 Å². The van der Waals surface area contributed by atoms with Crippen LogP contribution in [0, 0.1) is 0 Å². The highest BCUT2D eigenvalue weighted by Crippen LogP contribution is 2.32. The van der Waals surface area contributed by atoms with Crippen LogP contribution >= 0.6 is 11.3 Å². The standard InChI is InChI=1S/C13H11N3S/c1-16-8-7-14-13(16)12-11(15-9-17-12)10-5-3-2-4-6-10/h2-9H,1H3. The third-order valence-electron chi connectivity index (χ3n) is 2.64. The highest BCUT2D eigenvalue weighted by molar-refractivity contribution is 7.13. The lowest BCUT2D eigenvalue weighted by Crippen LogP contribution is -1.91. The summed E-state index contributed by atoms with van der Waals surface area (Å²) in [5, 5.41) is 0. The molecule has 3 rings (SSSR count). The number of thiazole rings is 1. The third-order valence-corrected chi connectivity index (χ3v) is 3.46. The van der Waals surface area contributed by atoms with Crippen LogP contribution < -0.4 is 0 Å². The number of hydrogen-bond acceptors (Lipinski definition) is 3. The summed E-state index contributed by atoms with van der Waals surface area (Å²) >= 11 is 1.62. The van der Waals surface area contributed by atoms with Gasteiger partial charge < -0.3 is 4.57 Å². The fourth-order valence-electron chi connectivity index (χ4n) is 1.79. The predicted octanol–water partition coefficient (Wildman–Crippen LogP) is 3.21. The first-order valence-electron chi connectivity index (χ1n) is 5.33. The van der Waals surface area contributed by atoms with Crippen LogP contribution in [0.25, 0.3) is 22.0 Å². The molecule has 0 aliphatic carbocycles. The van der Waals surface area contributed by atoms with Crippen molar-refractivity contribution in [3.8, 4) is 22.0 Å². The lowest BCUT2D eigenvalue weighted by Gasteiger charge is -2.02. The second kappa shape index (κ2) is 4.14. The number of hydrogen-bond donors (Lipinski definition) is 0. The molecule has 2 heterocycles. The topological polar surface area (TPSA) is 30.7 Å². The van der Waals surface area contributed by atoms with Crippen molar-refractivity contribution in [2.24, 2.45) is 7.05 Å². The van der Waals surface area contributed by atoms with Crippen LogP contribution in [0.15, 0.2) is 48.2 Å². The van der Waals surface area contributed by atoms with Gasteiger partial charge in [0.2, 0.25) is 0 Å². The molecule has 4 heteroatoms. The van der Waals surface area contributed by atoms with Gasteiger partial charge in [-0.1, -0.05) is 30.3 Å². The smallest absolute Gasteiger partial charge is 0.152 e. The normalized spacial score (nSPS) is 10.6. The Balaban J connectivity index is 2.16. The van der Waals surface area contributed by atoms with Crippen molar-refractivity contribution < 1.29 is 0 Å². The molecular weight excluding hydrogens is 230 g/mol. The van der Waals surface area contributed by atoms with E-state index in [4.69, 9.17) is 0 Å². The minimum absolute atomic E-state index is 0.964. The summed E-state index contributed by atoms with van der Waals surface area (Å²) in [6, 6.07) is 10.2. The monoisotopic (exact) mass is 241 g/mol. The van der Waals surface area contributed by atoms with E-state index in [0.29, 0.717) is 0 Å². The van der Waals surface area contributed by atoms with Gasteiger partial charge in [0.15, 0.2) is 5.82 Å². The Labute approximate surface area is 103 Å². The first-order valence-corrected chi connectivity index (χ1v) is 6.21. The lowest BCUT2D eigenvalue weighted by atomic mass is 10.1. The Hall–Kier alpha value is -1.94. The maximum absolute atomic E-state index is 4.45. The van der Waals surface area contributed by atoms with Crippen LogP contribution in [0.4, 0.5) is 0 Å². The largest absolute Gasteiger partial charge is 0.333 e. The number of aromatic nitrogens is 3. The molecule has 0 aliphatic heterocycles. The van der Waals surface area contributed by atoms with Crippen molar-refractivity contribution in [3.05, 3.63) is 48.2 Å². The van der Waals surface area contributed by atoms with E-state index < -0.39 is 0 Å². The number of nitrogens with zero attached hydrogens (tertiary/aromatic N) is 3. The third kappa shape index (κ3) is 1.76. The van der Waals surface area contributed by atoms with E-state index in [0.717, 1.165) is 22.0 Å². The second-order valence-electron chi connectivity index (χ2n) is 3.76. The van der Waals surface area contributed by atoms with E-state index in [2.05, 4.69) is 22.1 Å². The average molecular weight is 241 g/mol. The summed E-state index contributed by atoms with van der Waals surface area (Å²) in [5.41, 5.74) is 4.00. The zero-order valence-corrected chi connectivity index (χ0v) is 10.2. The van der Waals surface area contributed by atoms with Crippen molar-refractivity contribution in [1.82, 2.24) is 14.5 Å². The molecule has 0 spiro atoms. The first-order chi connectivity index (χ1) is 8.36. The maximum Gasteiger partial charge on any atom is 0.152 e. The van der Waals surface area contributed by atoms with E-state index in [1.165, 1.54) is 0 Å². The van der Waals surface area contributed by atoms with Gasteiger partial charge in [0.05, 0.1) is 16.1 Å². The zero-order chi connectivity index (χ0) is 11.7. The molecule has 0 saturated carbocycles. The van der Waals surface area contributed by atoms with Gasteiger partial charge in [-0.15, -0.1) is 11.3 Å². The lowest BCUT2D eigenvalue weighted by molar-refractivity contribution is 0.927. The molecule has 0 unspecified atom stereocenters. The highest BCUT2D eigenvalue weighted by atomic mass is 32.1. The molecular formula is C13H11N3S. The molecule has 0 atom stereocenters. The Morgan fingerprint density at radius 2 is 1.94 bits per heavy atom. The number of benzene rings is 1. The zero-order valence-electron chi connectivity index (χ0n) is 9.37. The molecule has 0 saturated heterocycles. The van der Waals surface area contributed by atoms with Crippen molar-refractivity contribution >= 4 is 11.3 Å². The average Bonchev–Trinajstić information content (AvgIpc) is 2.98. The first kappa shape index (κ1) is 10.2. The fourth-order valence-corrected chi connectivity index (χ4v) is 2.64. The fraction of sp³-hybridized carbons (Fsp3) is 0.0769. The molecule has 1 aromatic carbocycles. The Bertz CT molecular complexity index is 625. The molecule has 0 bridgehead atoms. The van der Waals surface area contributed by atoms with Crippen LogP contribution in [0.1, 0.15) is 0 Å². The van der Waals surface area contributed by atoms with Crippen LogP contribution in [0.3, 0.4) is 0 Å². The van der Waals surface area contributed by atoms with Gasteiger partial charge in [-0.3, -0.25) is 0 Å². The van der Waals surface area contributed by atoms with Gasteiger partial charge in [0.25, 0.3) is 0 Å². The van der Waals surface area contributed by atoms with Gasteiger partial charge in [0.1, 0.15) is 0 Å². The summed E-state index contributed by atoms with van der Waals surface area (Å²) in [7, 11) is 2.00. The van der Waals surface area contributed by atoms with Gasteiger partial charge in [-0.05, 0) is 0 Å². The van der Waals surface area contributed by atoms with Crippen molar-refractivity contribution in [3.63, 3.8) is 0 Å². The van der Waals surface area contributed by atoms with Gasteiger partial charge in [-0.2, -0.15) is 0 Å². The molecule has 0 amide bonds. The van der Waals surface area contributed by atoms with Crippen molar-refractivity contribution in [2.75, 3.05) is 0 Å². The Morgan fingerprint density at radius 1 is 1.12 bits per heavy atom. The van der Waals surface area contributed by atoms with E-state index in [-0.39, 0.29) is 0 Å². The van der Waals surface area contributed by atoms with E-state index in [1.54, 1.807) is 11.3 Å². The van der Waals surface area contributed by atoms with Crippen LogP contribution in [0.2, 0.25) is 0 Å². The summed E-state index contributed by atoms with van der Waals surface area (Å²) < 4.78 is 2.01.